The minimum Gasteiger partial charge on any atom is -0.450 e. The summed E-state index contributed by atoms with van der Waals surface area (Å²) in [6, 6.07) is 0. The number of hydrogen-bond donors (Lipinski definition) is 3. The number of nitrogens with zero attached hydrogens (tertiary/aromatic N) is 4. The van der Waals surface area contributed by atoms with Gasteiger partial charge in [0.05, 0.1) is 6.61 Å². The van der Waals surface area contributed by atoms with E-state index in [2.05, 4.69) is 56.6 Å². The van der Waals surface area contributed by atoms with E-state index in [0.29, 0.717) is 31.0 Å². The topological polar surface area (TPSA) is 104 Å². The number of carbonyl (C=O) groups excluding carboxylic acids is 1. The van der Waals surface area contributed by atoms with Gasteiger partial charge in [0.25, 0.3) is 0 Å². The van der Waals surface area contributed by atoms with Crippen molar-refractivity contribution >= 4 is 23.9 Å². The van der Waals surface area contributed by atoms with Crippen LogP contribution in [0.3, 0.4) is 0 Å². The average molecular weight is 410 g/mol. The molecule has 0 aliphatic carbocycles. The molecule has 1 rings (SSSR count). The molecular weight excluding hydrogens is 370 g/mol. The van der Waals surface area contributed by atoms with E-state index in [1.54, 1.807) is 6.92 Å². The van der Waals surface area contributed by atoms with Gasteiger partial charge in [0.1, 0.15) is 0 Å². The summed E-state index contributed by atoms with van der Waals surface area (Å²) in [5.41, 5.74) is 0. The zero-order chi connectivity index (χ0) is 21.3. The summed E-state index contributed by atoms with van der Waals surface area (Å²) in [7, 11) is 0. The minimum atomic E-state index is -0.337. The third-order valence-corrected chi connectivity index (χ3v) is 4.41. The zero-order valence-electron chi connectivity index (χ0n) is 18.6. The Hall–Kier alpha value is -2.32. The number of anilines is 3. The number of nitrogens with one attached hydrogen (secondary N) is 3. The summed E-state index contributed by atoms with van der Waals surface area (Å²) in [6.07, 6.45) is 5.97. The van der Waals surface area contributed by atoms with Gasteiger partial charge in [0, 0.05) is 32.7 Å². The summed E-state index contributed by atoms with van der Waals surface area (Å²) in [5, 5.41) is 9.36. The van der Waals surface area contributed by atoms with E-state index in [9.17, 15) is 4.79 Å². The van der Waals surface area contributed by atoms with Gasteiger partial charge in [-0.25, -0.2) is 4.79 Å². The molecular formula is C20H39N7O2. The Bertz CT molecular complexity index is 568. The van der Waals surface area contributed by atoms with Crippen LogP contribution in [0.5, 0.6) is 0 Å². The predicted octanol–water partition coefficient (Wildman–Crippen LogP) is 3.65. The van der Waals surface area contributed by atoms with Gasteiger partial charge in [0.15, 0.2) is 0 Å². The Labute approximate surface area is 175 Å². The lowest BCUT2D eigenvalue weighted by molar-refractivity contribution is 0.152. The first kappa shape index (κ1) is 24.7. The molecule has 0 saturated carbocycles. The highest BCUT2D eigenvalue weighted by Gasteiger charge is 2.11. The number of alkyl carbamates (subject to hydrolysis) is 1. The van der Waals surface area contributed by atoms with Gasteiger partial charge in [0.2, 0.25) is 17.8 Å². The van der Waals surface area contributed by atoms with Crippen molar-refractivity contribution in [2.45, 2.75) is 66.2 Å². The summed E-state index contributed by atoms with van der Waals surface area (Å²) < 4.78 is 4.83. The first-order valence-corrected chi connectivity index (χ1v) is 11.0. The van der Waals surface area contributed by atoms with Crippen molar-refractivity contribution in [2.24, 2.45) is 0 Å². The Morgan fingerprint density at radius 1 is 0.828 bits per heavy atom. The van der Waals surface area contributed by atoms with E-state index in [0.717, 1.165) is 64.7 Å². The van der Waals surface area contributed by atoms with Crippen molar-refractivity contribution in [3.05, 3.63) is 0 Å². The maximum Gasteiger partial charge on any atom is 0.407 e. The maximum absolute atomic E-state index is 11.2. The standard InChI is InChI=1S/C20H39N7O2/c1-5-9-14-21-17-24-18(26-19(25-17)27(6-2)7-3)22-15-12-10-11-13-16-23-20(28)29-8-4/h5-16H2,1-4H3,(H,23,28)(H2,21,22,24,25,26). The SMILES string of the molecule is CCCCNc1nc(NCCCCCCNC(=O)OCC)nc(N(CC)CC)n1. The number of amides is 1. The summed E-state index contributed by atoms with van der Waals surface area (Å²) >= 11 is 0. The van der Waals surface area contributed by atoms with Crippen LogP contribution < -0.4 is 20.9 Å². The van der Waals surface area contributed by atoms with Crippen molar-refractivity contribution in [1.82, 2.24) is 20.3 Å². The Balaban J connectivity index is 2.41. The largest absolute Gasteiger partial charge is 0.450 e. The third-order valence-electron chi connectivity index (χ3n) is 4.41. The normalized spacial score (nSPS) is 10.5. The molecule has 0 aromatic carbocycles. The number of hydrogen-bond acceptors (Lipinski definition) is 8. The van der Waals surface area contributed by atoms with Crippen LogP contribution in [-0.2, 0) is 4.74 Å². The predicted molar refractivity (Wildman–Crippen MR) is 119 cm³/mol. The van der Waals surface area contributed by atoms with Crippen molar-refractivity contribution in [3.8, 4) is 0 Å². The molecule has 0 bridgehead atoms. The minimum absolute atomic E-state index is 0.337. The van der Waals surface area contributed by atoms with Crippen molar-refractivity contribution < 1.29 is 9.53 Å². The first-order valence-electron chi connectivity index (χ1n) is 11.0. The molecule has 3 N–H and O–H groups in total. The highest BCUT2D eigenvalue weighted by molar-refractivity contribution is 5.66. The smallest absolute Gasteiger partial charge is 0.407 e. The lowest BCUT2D eigenvalue weighted by atomic mass is 10.2. The third kappa shape index (κ3) is 10.7. The van der Waals surface area contributed by atoms with E-state index in [1.165, 1.54) is 0 Å². The second-order valence-electron chi connectivity index (χ2n) is 6.72. The monoisotopic (exact) mass is 409 g/mol. The molecule has 29 heavy (non-hydrogen) atoms. The molecule has 0 atom stereocenters. The molecule has 9 heteroatoms. The van der Waals surface area contributed by atoms with Crippen LogP contribution in [0, 0.1) is 0 Å². The van der Waals surface area contributed by atoms with E-state index in [1.807, 2.05) is 0 Å². The molecule has 1 amide bonds. The highest BCUT2D eigenvalue weighted by Crippen LogP contribution is 2.14. The van der Waals surface area contributed by atoms with E-state index in [-0.39, 0.29) is 6.09 Å². The zero-order valence-corrected chi connectivity index (χ0v) is 18.6. The highest BCUT2D eigenvalue weighted by atomic mass is 16.5. The quantitative estimate of drug-likeness (QED) is 0.355. The average Bonchev–Trinajstić information content (AvgIpc) is 2.71. The number of unbranched alkanes of at least 4 members (excludes halogenated alkanes) is 4. The Kier molecular flexibility index (Phi) is 13.3. The van der Waals surface area contributed by atoms with Gasteiger partial charge < -0.3 is 25.6 Å². The van der Waals surface area contributed by atoms with Crippen LogP contribution in [0.15, 0.2) is 0 Å². The van der Waals surface area contributed by atoms with Gasteiger partial charge in [-0.2, -0.15) is 15.0 Å². The molecule has 9 nitrogen and oxygen atoms in total. The summed E-state index contributed by atoms with van der Waals surface area (Å²) in [4.78, 5) is 27.0. The van der Waals surface area contributed by atoms with E-state index in [4.69, 9.17) is 4.74 Å². The molecule has 1 heterocycles. The fourth-order valence-corrected chi connectivity index (χ4v) is 2.72. The van der Waals surface area contributed by atoms with Crippen molar-refractivity contribution in [2.75, 3.05) is 54.9 Å². The Morgan fingerprint density at radius 2 is 1.41 bits per heavy atom. The molecule has 0 unspecified atom stereocenters. The van der Waals surface area contributed by atoms with E-state index < -0.39 is 0 Å². The molecule has 0 spiro atoms. The van der Waals surface area contributed by atoms with E-state index >= 15 is 0 Å². The Morgan fingerprint density at radius 3 is 1.97 bits per heavy atom. The van der Waals surface area contributed by atoms with Gasteiger partial charge in [-0.05, 0) is 40.0 Å². The number of ether oxygens (including phenoxy) is 1. The lowest BCUT2D eigenvalue weighted by Gasteiger charge is -2.20. The molecule has 0 aliphatic heterocycles. The van der Waals surface area contributed by atoms with Crippen LogP contribution in [-0.4, -0.2) is 60.4 Å². The summed E-state index contributed by atoms with van der Waals surface area (Å²) in [6.45, 7) is 12.6. The van der Waals surface area contributed by atoms with Crippen molar-refractivity contribution in [3.63, 3.8) is 0 Å². The van der Waals surface area contributed by atoms with Gasteiger partial charge in [-0.15, -0.1) is 0 Å². The van der Waals surface area contributed by atoms with Crippen LogP contribution in [0.4, 0.5) is 22.6 Å². The second-order valence-corrected chi connectivity index (χ2v) is 6.72. The molecule has 0 radical (unpaired) electrons. The molecule has 1 aromatic rings. The number of rotatable bonds is 16. The molecule has 0 fully saturated rings. The molecule has 166 valence electrons. The van der Waals surface area contributed by atoms with Gasteiger partial charge >= 0.3 is 6.09 Å². The van der Waals surface area contributed by atoms with Gasteiger partial charge in [-0.3, -0.25) is 0 Å². The first-order chi connectivity index (χ1) is 14.1. The summed E-state index contributed by atoms with van der Waals surface area (Å²) in [5.74, 6) is 1.95. The lowest BCUT2D eigenvalue weighted by Crippen LogP contribution is -2.25. The molecule has 0 saturated heterocycles. The molecule has 0 aliphatic rings. The van der Waals surface area contributed by atoms with Crippen LogP contribution in [0.2, 0.25) is 0 Å². The van der Waals surface area contributed by atoms with Crippen LogP contribution >= 0.6 is 0 Å². The fraction of sp³-hybridized carbons (Fsp3) is 0.800. The second kappa shape index (κ2) is 15.6. The van der Waals surface area contributed by atoms with Crippen molar-refractivity contribution in [1.29, 1.82) is 0 Å². The number of carbonyl (C=O) groups is 1. The van der Waals surface area contributed by atoms with Gasteiger partial charge in [-0.1, -0.05) is 26.2 Å². The molecule has 1 aromatic heterocycles. The maximum atomic E-state index is 11.2. The fourth-order valence-electron chi connectivity index (χ4n) is 2.72. The van der Waals surface area contributed by atoms with Crippen LogP contribution in [0.25, 0.3) is 0 Å². The number of aromatic nitrogens is 3. The van der Waals surface area contributed by atoms with Crippen LogP contribution in [0.1, 0.15) is 66.2 Å².